The third-order valence-electron chi connectivity index (χ3n) is 3.18. The third-order valence-corrected chi connectivity index (χ3v) is 3.18. The zero-order valence-electron chi connectivity index (χ0n) is 10.2. The smallest absolute Gasteiger partial charge is 0.248 e. The number of rotatable bonds is 1. The first-order chi connectivity index (χ1) is 8.74. The number of aromatic nitrogens is 1. The second-order valence-electron chi connectivity index (χ2n) is 4.47. The summed E-state index contributed by atoms with van der Waals surface area (Å²) >= 11 is 0. The van der Waals surface area contributed by atoms with E-state index < -0.39 is 0 Å². The Kier molecular flexibility index (Phi) is 2.52. The number of pyridine rings is 1. The molecule has 3 rings (SSSR count). The molecule has 18 heavy (non-hydrogen) atoms. The molecule has 0 radical (unpaired) electrons. The fourth-order valence-electron chi connectivity index (χ4n) is 2.25. The van der Waals surface area contributed by atoms with E-state index in [-0.39, 0.29) is 5.56 Å². The third kappa shape index (κ3) is 1.84. The van der Waals surface area contributed by atoms with E-state index in [1.54, 1.807) is 6.07 Å². The molecule has 0 saturated carbocycles. The Hall–Kier alpha value is -2.29. The topological polar surface area (TPSA) is 36.1 Å². The van der Waals surface area contributed by atoms with E-state index in [0.29, 0.717) is 0 Å². The van der Waals surface area contributed by atoms with Crippen LogP contribution in [0.15, 0.2) is 53.5 Å². The van der Waals surface area contributed by atoms with Crippen LogP contribution in [0.5, 0.6) is 0 Å². The molecule has 2 heterocycles. The predicted molar refractivity (Wildman–Crippen MR) is 74.9 cm³/mol. The van der Waals surface area contributed by atoms with E-state index in [1.807, 2.05) is 31.2 Å². The van der Waals surface area contributed by atoms with Crippen molar-refractivity contribution in [3.05, 3.63) is 64.6 Å². The normalized spacial score (nSPS) is 14.4. The van der Waals surface area contributed by atoms with E-state index in [0.717, 1.165) is 28.7 Å². The van der Waals surface area contributed by atoms with Gasteiger partial charge in [0.1, 0.15) is 0 Å². The van der Waals surface area contributed by atoms with Gasteiger partial charge in [0.25, 0.3) is 0 Å². The molecule has 0 spiro atoms. The molecule has 1 aromatic carbocycles. The van der Waals surface area contributed by atoms with Crippen LogP contribution in [0.3, 0.4) is 0 Å². The summed E-state index contributed by atoms with van der Waals surface area (Å²) in [6.45, 7) is 2.84. The van der Waals surface area contributed by atoms with Crippen LogP contribution in [0.25, 0.3) is 10.9 Å². The van der Waals surface area contributed by atoms with Crippen LogP contribution in [0, 0.1) is 6.92 Å². The molecule has 1 N–H and O–H groups in total. The molecule has 0 saturated heterocycles. The molecule has 0 fully saturated rings. The van der Waals surface area contributed by atoms with Crippen molar-refractivity contribution in [1.82, 2.24) is 4.98 Å². The number of hydrogen-bond acceptors (Lipinski definition) is 2. The summed E-state index contributed by atoms with van der Waals surface area (Å²) < 4.78 is 0. The van der Waals surface area contributed by atoms with Gasteiger partial charge in [-0.1, -0.05) is 12.2 Å². The zero-order chi connectivity index (χ0) is 12.5. The van der Waals surface area contributed by atoms with Crippen LogP contribution in [0.2, 0.25) is 0 Å². The van der Waals surface area contributed by atoms with Gasteiger partial charge in [0.2, 0.25) is 5.56 Å². The van der Waals surface area contributed by atoms with Crippen LogP contribution in [0.1, 0.15) is 5.56 Å². The van der Waals surface area contributed by atoms with E-state index in [4.69, 9.17) is 0 Å². The van der Waals surface area contributed by atoms with Crippen LogP contribution in [0.4, 0.5) is 5.69 Å². The number of allylic oxidation sites excluding steroid dienone is 2. The van der Waals surface area contributed by atoms with Crippen molar-refractivity contribution in [2.45, 2.75) is 6.92 Å². The minimum Gasteiger partial charge on any atom is -0.344 e. The summed E-state index contributed by atoms with van der Waals surface area (Å²) in [5, 5.41) is 1.09. The summed E-state index contributed by atoms with van der Waals surface area (Å²) in [4.78, 5) is 16.4. The number of hydrogen-bond donors (Lipinski definition) is 1. The highest BCUT2D eigenvalue weighted by atomic mass is 16.1. The standard InChI is InChI=1S/C15H14N2O/c1-11-9-15(18)16-14-6-5-12(10-13(11)14)17-7-3-2-4-8-17/h2-7,9-10H,8H2,1H3,(H,16,18). The maximum atomic E-state index is 11.4. The molecule has 0 atom stereocenters. The molecule has 0 amide bonds. The quantitative estimate of drug-likeness (QED) is 0.829. The van der Waals surface area contributed by atoms with Crippen molar-refractivity contribution < 1.29 is 0 Å². The van der Waals surface area contributed by atoms with Crippen LogP contribution in [-0.2, 0) is 0 Å². The Morgan fingerprint density at radius 1 is 1.22 bits per heavy atom. The van der Waals surface area contributed by atoms with Gasteiger partial charge in [0.15, 0.2) is 0 Å². The van der Waals surface area contributed by atoms with Crippen molar-refractivity contribution in [3.63, 3.8) is 0 Å². The van der Waals surface area contributed by atoms with Gasteiger partial charge in [-0.2, -0.15) is 0 Å². The fraction of sp³-hybridized carbons (Fsp3) is 0.133. The molecule has 3 nitrogen and oxygen atoms in total. The maximum absolute atomic E-state index is 11.4. The van der Waals surface area contributed by atoms with Gasteiger partial charge in [0.05, 0.1) is 0 Å². The molecule has 90 valence electrons. The van der Waals surface area contributed by atoms with Gasteiger partial charge >= 0.3 is 0 Å². The molecule has 3 heteroatoms. The van der Waals surface area contributed by atoms with Gasteiger partial charge in [-0.25, -0.2) is 0 Å². The minimum absolute atomic E-state index is 0.0476. The molecular weight excluding hydrogens is 224 g/mol. The van der Waals surface area contributed by atoms with Crippen molar-refractivity contribution >= 4 is 16.6 Å². The predicted octanol–water partition coefficient (Wildman–Crippen LogP) is 2.73. The maximum Gasteiger partial charge on any atom is 0.248 e. The van der Waals surface area contributed by atoms with Crippen LogP contribution in [-0.4, -0.2) is 11.5 Å². The highest BCUT2D eigenvalue weighted by Crippen LogP contribution is 2.23. The lowest BCUT2D eigenvalue weighted by Crippen LogP contribution is -2.17. The highest BCUT2D eigenvalue weighted by Gasteiger charge is 2.06. The SMILES string of the molecule is Cc1cc(=O)[nH]c2ccc(N3C=CC=CC3)cc12. The molecule has 0 bridgehead atoms. The Morgan fingerprint density at radius 3 is 2.89 bits per heavy atom. The number of benzene rings is 1. The molecule has 0 aliphatic carbocycles. The largest absolute Gasteiger partial charge is 0.344 e. The summed E-state index contributed by atoms with van der Waals surface area (Å²) in [5.74, 6) is 0. The van der Waals surface area contributed by atoms with Gasteiger partial charge in [-0.05, 0) is 36.8 Å². The first-order valence-corrected chi connectivity index (χ1v) is 5.98. The van der Waals surface area contributed by atoms with Gasteiger partial charge in [0, 0.05) is 35.4 Å². The number of H-pyrrole nitrogens is 1. The molecule has 1 aliphatic rings. The van der Waals surface area contributed by atoms with E-state index >= 15 is 0 Å². The summed E-state index contributed by atoms with van der Waals surface area (Å²) in [7, 11) is 0. The van der Waals surface area contributed by atoms with Crippen molar-refractivity contribution in [2.24, 2.45) is 0 Å². The van der Waals surface area contributed by atoms with E-state index in [1.165, 1.54) is 0 Å². The first-order valence-electron chi connectivity index (χ1n) is 5.98. The molecule has 2 aromatic rings. The van der Waals surface area contributed by atoms with E-state index in [2.05, 4.69) is 28.2 Å². The second-order valence-corrected chi connectivity index (χ2v) is 4.47. The first kappa shape index (κ1) is 10.8. The van der Waals surface area contributed by atoms with Gasteiger partial charge < -0.3 is 9.88 Å². The van der Waals surface area contributed by atoms with Crippen molar-refractivity contribution in [2.75, 3.05) is 11.4 Å². The lowest BCUT2D eigenvalue weighted by atomic mass is 10.1. The average Bonchev–Trinajstić information content (AvgIpc) is 2.39. The Morgan fingerprint density at radius 2 is 2.11 bits per heavy atom. The number of nitrogens with one attached hydrogen (secondary N) is 1. The molecule has 1 aromatic heterocycles. The molecule has 0 unspecified atom stereocenters. The zero-order valence-corrected chi connectivity index (χ0v) is 10.2. The number of fused-ring (bicyclic) bond motifs is 1. The number of aromatic amines is 1. The van der Waals surface area contributed by atoms with Crippen molar-refractivity contribution in [3.8, 4) is 0 Å². The minimum atomic E-state index is -0.0476. The molecular formula is C15H14N2O. The lowest BCUT2D eigenvalue weighted by molar-refractivity contribution is 1.07. The lowest BCUT2D eigenvalue weighted by Gasteiger charge is -2.21. The Balaban J connectivity index is 2.13. The second kappa shape index (κ2) is 4.18. The number of aryl methyl sites for hydroxylation is 1. The average molecular weight is 238 g/mol. The number of anilines is 1. The summed E-state index contributed by atoms with van der Waals surface area (Å²) in [6.07, 6.45) is 8.24. The summed E-state index contributed by atoms with van der Waals surface area (Å²) in [6, 6.07) is 7.74. The van der Waals surface area contributed by atoms with Crippen LogP contribution < -0.4 is 10.5 Å². The fourth-order valence-corrected chi connectivity index (χ4v) is 2.25. The monoisotopic (exact) mass is 238 g/mol. The highest BCUT2D eigenvalue weighted by molar-refractivity contribution is 5.85. The van der Waals surface area contributed by atoms with E-state index in [9.17, 15) is 4.79 Å². The van der Waals surface area contributed by atoms with Crippen LogP contribution >= 0.6 is 0 Å². The van der Waals surface area contributed by atoms with Gasteiger partial charge in [-0.3, -0.25) is 4.79 Å². The van der Waals surface area contributed by atoms with Crippen molar-refractivity contribution in [1.29, 1.82) is 0 Å². The number of nitrogens with zero attached hydrogens (tertiary/aromatic N) is 1. The summed E-state index contributed by atoms with van der Waals surface area (Å²) in [5.41, 5.74) is 2.99. The molecule has 1 aliphatic heterocycles. The van der Waals surface area contributed by atoms with Gasteiger partial charge in [-0.15, -0.1) is 0 Å². The Bertz CT molecular complexity index is 710. The Labute approximate surface area is 105 Å².